The van der Waals surface area contributed by atoms with Gasteiger partial charge >= 0.3 is 0 Å². The Kier molecular flexibility index (Phi) is 4.73. The average Bonchev–Trinajstić information content (AvgIpc) is 2.49. The molecule has 0 saturated heterocycles. The van der Waals surface area contributed by atoms with Gasteiger partial charge in [0.2, 0.25) is 0 Å². The van der Waals surface area contributed by atoms with Crippen LogP contribution in [0.4, 0.5) is 11.5 Å². The molecule has 0 atom stereocenters. The first-order valence-corrected chi connectivity index (χ1v) is 6.59. The van der Waals surface area contributed by atoms with Gasteiger partial charge in [0.1, 0.15) is 22.6 Å². The Morgan fingerprint density at radius 3 is 2.52 bits per heavy atom. The topological polar surface area (TPSA) is 67.2 Å². The van der Waals surface area contributed by atoms with Gasteiger partial charge < -0.3 is 14.8 Å². The van der Waals surface area contributed by atoms with E-state index in [2.05, 4.69) is 10.3 Å². The predicted molar refractivity (Wildman–Crippen MR) is 81.8 cm³/mol. The van der Waals surface area contributed by atoms with Gasteiger partial charge in [-0.15, -0.1) is 0 Å². The molecule has 21 heavy (non-hydrogen) atoms. The van der Waals surface area contributed by atoms with Gasteiger partial charge in [-0.2, -0.15) is 5.26 Å². The maximum atomic E-state index is 8.97. The number of pyridine rings is 1. The van der Waals surface area contributed by atoms with Crippen LogP contribution in [-0.2, 0) is 0 Å². The van der Waals surface area contributed by atoms with Crippen LogP contribution in [0.2, 0.25) is 10.0 Å². The molecule has 0 saturated carbocycles. The standard InChI is InChI=1S/C14H11Cl2N3O2/c1-20-11-6-12(21-2)10(5-9(11)15)19-14-13(16)8(7-17)3-4-18-14/h3-6H,1-2H3,(H,18,19). The molecule has 0 unspecified atom stereocenters. The molecule has 0 radical (unpaired) electrons. The van der Waals surface area contributed by atoms with E-state index in [0.717, 1.165) is 0 Å². The molecule has 0 spiro atoms. The number of hydrogen-bond donors (Lipinski definition) is 1. The molecule has 2 rings (SSSR count). The van der Waals surface area contributed by atoms with Crippen molar-refractivity contribution in [3.05, 3.63) is 40.0 Å². The summed E-state index contributed by atoms with van der Waals surface area (Å²) < 4.78 is 10.4. The lowest BCUT2D eigenvalue weighted by molar-refractivity contribution is 0.396. The number of benzene rings is 1. The fourth-order valence-electron chi connectivity index (χ4n) is 1.70. The van der Waals surface area contributed by atoms with E-state index in [1.54, 1.807) is 12.1 Å². The van der Waals surface area contributed by atoms with Crippen LogP contribution < -0.4 is 14.8 Å². The lowest BCUT2D eigenvalue weighted by Gasteiger charge is -2.14. The van der Waals surface area contributed by atoms with Crippen LogP contribution in [-0.4, -0.2) is 19.2 Å². The summed E-state index contributed by atoms with van der Waals surface area (Å²) in [6.07, 6.45) is 1.49. The van der Waals surface area contributed by atoms with Crippen molar-refractivity contribution in [2.75, 3.05) is 19.5 Å². The Morgan fingerprint density at radius 2 is 1.90 bits per heavy atom. The summed E-state index contributed by atoms with van der Waals surface area (Å²) in [6.45, 7) is 0. The van der Waals surface area contributed by atoms with Crippen molar-refractivity contribution in [3.63, 3.8) is 0 Å². The number of halogens is 2. The van der Waals surface area contributed by atoms with E-state index < -0.39 is 0 Å². The second-order valence-corrected chi connectivity index (χ2v) is 4.73. The van der Waals surface area contributed by atoms with E-state index in [4.69, 9.17) is 37.9 Å². The highest BCUT2D eigenvalue weighted by atomic mass is 35.5. The minimum atomic E-state index is 0.231. The summed E-state index contributed by atoms with van der Waals surface area (Å²) in [5.74, 6) is 1.34. The van der Waals surface area contributed by atoms with Crippen molar-refractivity contribution < 1.29 is 9.47 Å². The van der Waals surface area contributed by atoms with Crippen LogP contribution in [0, 0.1) is 11.3 Å². The van der Waals surface area contributed by atoms with Gasteiger partial charge in [0, 0.05) is 12.3 Å². The molecule has 7 heteroatoms. The van der Waals surface area contributed by atoms with Crippen LogP contribution >= 0.6 is 23.2 Å². The molecular weight excluding hydrogens is 313 g/mol. The van der Waals surface area contributed by atoms with Crippen molar-refractivity contribution in [2.24, 2.45) is 0 Å². The molecule has 0 bridgehead atoms. The van der Waals surface area contributed by atoms with E-state index in [1.807, 2.05) is 6.07 Å². The highest BCUT2D eigenvalue weighted by Gasteiger charge is 2.13. The second kappa shape index (κ2) is 6.53. The summed E-state index contributed by atoms with van der Waals surface area (Å²) in [5, 5.41) is 12.6. The quantitative estimate of drug-likeness (QED) is 0.920. The lowest BCUT2D eigenvalue weighted by Crippen LogP contribution is -1.99. The first-order chi connectivity index (χ1) is 10.1. The van der Waals surface area contributed by atoms with Crippen LogP contribution in [0.1, 0.15) is 5.56 Å². The third-order valence-electron chi connectivity index (χ3n) is 2.74. The van der Waals surface area contributed by atoms with Crippen molar-refractivity contribution in [1.29, 1.82) is 5.26 Å². The van der Waals surface area contributed by atoms with E-state index >= 15 is 0 Å². The maximum Gasteiger partial charge on any atom is 0.150 e. The molecule has 1 aromatic carbocycles. The highest BCUT2D eigenvalue weighted by Crippen LogP contribution is 2.38. The zero-order valence-corrected chi connectivity index (χ0v) is 12.8. The fourth-order valence-corrected chi connectivity index (χ4v) is 2.14. The van der Waals surface area contributed by atoms with Crippen LogP contribution in [0.15, 0.2) is 24.4 Å². The Hall–Kier alpha value is -2.16. The monoisotopic (exact) mass is 323 g/mol. The van der Waals surface area contributed by atoms with Crippen molar-refractivity contribution in [2.45, 2.75) is 0 Å². The molecule has 0 aliphatic carbocycles. The van der Waals surface area contributed by atoms with E-state index in [9.17, 15) is 0 Å². The number of nitrogens with zero attached hydrogens (tertiary/aromatic N) is 2. The van der Waals surface area contributed by atoms with E-state index in [-0.39, 0.29) is 5.02 Å². The summed E-state index contributed by atoms with van der Waals surface area (Å²) in [7, 11) is 3.04. The van der Waals surface area contributed by atoms with E-state index in [0.29, 0.717) is 33.6 Å². The highest BCUT2D eigenvalue weighted by molar-refractivity contribution is 6.34. The SMILES string of the molecule is COc1cc(OC)c(Nc2nccc(C#N)c2Cl)cc1Cl. The Morgan fingerprint density at radius 1 is 1.19 bits per heavy atom. The molecule has 0 aliphatic rings. The lowest BCUT2D eigenvalue weighted by atomic mass is 10.2. The van der Waals surface area contributed by atoms with Gasteiger partial charge in [0.15, 0.2) is 5.82 Å². The number of anilines is 2. The number of hydrogen-bond acceptors (Lipinski definition) is 5. The third kappa shape index (κ3) is 3.13. The predicted octanol–water partition coefficient (Wildman–Crippen LogP) is 4.02. The van der Waals surface area contributed by atoms with E-state index in [1.165, 1.54) is 26.5 Å². The number of aromatic nitrogens is 1. The molecule has 0 amide bonds. The summed E-state index contributed by atoms with van der Waals surface area (Å²) in [5.41, 5.74) is 0.889. The largest absolute Gasteiger partial charge is 0.495 e. The number of nitrogens with one attached hydrogen (secondary N) is 1. The van der Waals surface area contributed by atoms with Crippen LogP contribution in [0.3, 0.4) is 0 Å². The molecule has 2 aromatic rings. The van der Waals surface area contributed by atoms with Crippen molar-refractivity contribution in [1.82, 2.24) is 4.98 Å². The summed E-state index contributed by atoms with van der Waals surface area (Å²) in [4.78, 5) is 4.11. The molecule has 0 fully saturated rings. The normalized spacial score (nSPS) is 9.86. The van der Waals surface area contributed by atoms with Gasteiger partial charge in [-0.05, 0) is 12.1 Å². The minimum Gasteiger partial charge on any atom is -0.495 e. The van der Waals surface area contributed by atoms with Gasteiger partial charge in [-0.1, -0.05) is 23.2 Å². The number of methoxy groups -OCH3 is 2. The Bertz CT molecular complexity index is 714. The zero-order valence-electron chi connectivity index (χ0n) is 11.3. The Labute approximate surface area is 132 Å². The third-order valence-corrected chi connectivity index (χ3v) is 3.41. The summed E-state index contributed by atoms with van der Waals surface area (Å²) >= 11 is 12.2. The van der Waals surface area contributed by atoms with Crippen LogP contribution in [0.25, 0.3) is 0 Å². The molecule has 0 aliphatic heterocycles. The maximum absolute atomic E-state index is 8.97. The van der Waals surface area contributed by atoms with Gasteiger partial charge in [0.05, 0.1) is 30.5 Å². The first kappa shape index (κ1) is 15.2. The molecule has 108 valence electrons. The number of ether oxygens (including phenoxy) is 2. The molecule has 5 nitrogen and oxygen atoms in total. The fraction of sp³-hybridized carbons (Fsp3) is 0.143. The van der Waals surface area contributed by atoms with Crippen LogP contribution in [0.5, 0.6) is 11.5 Å². The average molecular weight is 324 g/mol. The molecule has 1 heterocycles. The number of nitriles is 1. The van der Waals surface area contributed by atoms with Gasteiger partial charge in [-0.25, -0.2) is 4.98 Å². The van der Waals surface area contributed by atoms with Gasteiger partial charge in [-0.3, -0.25) is 0 Å². The first-order valence-electron chi connectivity index (χ1n) is 5.83. The van der Waals surface area contributed by atoms with Crippen molar-refractivity contribution in [3.8, 4) is 17.6 Å². The van der Waals surface area contributed by atoms with Crippen molar-refractivity contribution >= 4 is 34.7 Å². The zero-order chi connectivity index (χ0) is 15.4. The summed E-state index contributed by atoms with van der Waals surface area (Å²) in [6, 6.07) is 6.80. The van der Waals surface area contributed by atoms with Gasteiger partial charge in [0.25, 0.3) is 0 Å². The smallest absolute Gasteiger partial charge is 0.150 e. The molecular formula is C14H11Cl2N3O2. The minimum absolute atomic E-state index is 0.231. The second-order valence-electron chi connectivity index (χ2n) is 3.94. The molecule has 1 N–H and O–H groups in total. The number of rotatable bonds is 4. The Balaban J connectivity index is 2.45. The molecule has 1 aromatic heterocycles.